The van der Waals surface area contributed by atoms with E-state index in [2.05, 4.69) is 62.5 Å². The van der Waals surface area contributed by atoms with Crippen LogP contribution in [0.1, 0.15) is 162 Å². The van der Waals surface area contributed by atoms with E-state index in [0.29, 0.717) is 24.1 Å². The molecule has 0 bridgehead atoms. The fraction of sp³-hybridized carbons (Fsp3) is 0.791. The van der Waals surface area contributed by atoms with E-state index in [9.17, 15) is 14.3 Å². The van der Waals surface area contributed by atoms with Gasteiger partial charge in [0.25, 0.3) is 0 Å². The van der Waals surface area contributed by atoms with Gasteiger partial charge in [-0.25, -0.2) is 4.57 Å². The molecule has 0 saturated carbocycles. The van der Waals surface area contributed by atoms with Crippen LogP contribution in [0.5, 0.6) is 0 Å². The molecule has 8 nitrogen and oxygen atoms in total. The van der Waals surface area contributed by atoms with E-state index in [1.807, 2.05) is 21.1 Å². The van der Waals surface area contributed by atoms with Gasteiger partial charge in [0.1, 0.15) is 19.3 Å². The molecule has 304 valence electrons. The number of carbonyl (C=O) groups is 1. The summed E-state index contributed by atoms with van der Waals surface area (Å²) in [7, 11) is 1.64. The number of ether oxygens (including phenoxy) is 2. The zero-order chi connectivity index (χ0) is 38.4. The molecular formula is C43H81NO7P+. The minimum atomic E-state index is -4.28. The van der Waals surface area contributed by atoms with Crippen LogP contribution in [-0.4, -0.2) is 75.6 Å². The van der Waals surface area contributed by atoms with Gasteiger partial charge in [0, 0.05) is 13.0 Å². The highest BCUT2D eigenvalue weighted by atomic mass is 31.2. The number of unbranched alkanes of at least 4 members (excludes halogenated alkanes) is 16. The van der Waals surface area contributed by atoms with Gasteiger partial charge in [-0.2, -0.15) is 0 Å². The van der Waals surface area contributed by atoms with Gasteiger partial charge < -0.3 is 18.9 Å². The number of allylic oxidation sites excluding steroid dienone is 8. The Kier molecular flexibility index (Phi) is 35.4. The third-order valence-corrected chi connectivity index (χ3v) is 9.64. The van der Waals surface area contributed by atoms with Crippen LogP contribution in [0.25, 0.3) is 0 Å². The van der Waals surface area contributed by atoms with Crippen molar-refractivity contribution in [3.63, 3.8) is 0 Å². The first kappa shape index (κ1) is 50.5. The Morgan fingerprint density at radius 3 is 1.65 bits per heavy atom. The maximum Gasteiger partial charge on any atom is 0.472 e. The van der Waals surface area contributed by atoms with Crippen LogP contribution in [0.3, 0.4) is 0 Å². The molecule has 0 aliphatic heterocycles. The first-order valence-electron chi connectivity index (χ1n) is 20.9. The van der Waals surface area contributed by atoms with Crippen molar-refractivity contribution in [3.05, 3.63) is 48.6 Å². The number of rotatable bonds is 38. The van der Waals surface area contributed by atoms with Crippen molar-refractivity contribution in [2.75, 3.05) is 54.1 Å². The van der Waals surface area contributed by atoms with Crippen molar-refractivity contribution in [2.24, 2.45) is 0 Å². The number of esters is 1. The van der Waals surface area contributed by atoms with Crippen molar-refractivity contribution in [1.82, 2.24) is 0 Å². The first-order chi connectivity index (χ1) is 25.1. The summed E-state index contributed by atoms with van der Waals surface area (Å²) in [6.45, 7) is 5.43. The smallest absolute Gasteiger partial charge is 0.457 e. The molecule has 0 heterocycles. The van der Waals surface area contributed by atoms with Crippen LogP contribution in [0, 0.1) is 0 Å². The second kappa shape index (κ2) is 36.4. The summed E-state index contributed by atoms with van der Waals surface area (Å²) in [5, 5.41) is 0. The predicted octanol–water partition coefficient (Wildman–Crippen LogP) is 12.0. The Labute approximate surface area is 320 Å². The highest BCUT2D eigenvalue weighted by molar-refractivity contribution is 7.47. The van der Waals surface area contributed by atoms with Gasteiger partial charge >= 0.3 is 13.8 Å². The number of phosphoric acid groups is 1. The molecule has 0 rings (SSSR count). The van der Waals surface area contributed by atoms with Crippen molar-refractivity contribution < 1.29 is 37.3 Å². The Hall–Kier alpha value is -1.54. The topological polar surface area (TPSA) is 91.3 Å². The Balaban J connectivity index is 4.32. The molecule has 0 aromatic carbocycles. The number of likely N-dealkylation sites (N-methyl/N-ethyl adjacent to an activating group) is 1. The first-order valence-corrected chi connectivity index (χ1v) is 22.4. The van der Waals surface area contributed by atoms with Crippen LogP contribution in [-0.2, 0) is 27.9 Å². The summed E-state index contributed by atoms with van der Waals surface area (Å²) in [4.78, 5) is 22.8. The van der Waals surface area contributed by atoms with Gasteiger partial charge in [0.05, 0.1) is 34.4 Å². The summed E-state index contributed by atoms with van der Waals surface area (Å²) < 4.78 is 34.9. The van der Waals surface area contributed by atoms with Gasteiger partial charge in [-0.3, -0.25) is 13.8 Å². The van der Waals surface area contributed by atoms with Gasteiger partial charge in [-0.05, 0) is 51.4 Å². The van der Waals surface area contributed by atoms with Crippen LogP contribution >= 0.6 is 7.82 Å². The van der Waals surface area contributed by atoms with E-state index in [1.54, 1.807) is 0 Å². The average molecular weight is 755 g/mol. The zero-order valence-corrected chi connectivity index (χ0v) is 35.2. The van der Waals surface area contributed by atoms with Crippen LogP contribution in [0.4, 0.5) is 0 Å². The molecular weight excluding hydrogens is 673 g/mol. The maximum atomic E-state index is 12.7. The monoisotopic (exact) mass is 755 g/mol. The lowest BCUT2D eigenvalue weighted by Crippen LogP contribution is -2.37. The van der Waals surface area contributed by atoms with Crippen molar-refractivity contribution in [3.8, 4) is 0 Å². The van der Waals surface area contributed by atoms with E-state index < -0.39 is 13.9 Å². The van der Waals surface area contributed by atoms with Crippen molar-refractivity contribution in [1.29, 1.82) is 0 Å². The molecule has 1 N–H and O–H groups in total. The molecule has 52 heavy (non-hydrogen) atoms. The number of nitrogens with zero attached hydrogens (tertiary/aromatic N) is 1. The lowest BCUT2D eigenvalue weighted by atomic mass is 10.0. The molecule has 2 unspecified atom stereocenters. The average Bonchev–Trinajstić information content (AvgIpc) is 3.09. The highest BCUT2D eigenvalue weighted by Gasteiger charge is 2.26. The van der Waals surface area contributed by atoms with Crippen LogP contribution < -0.4 is 0 Å². The van der Waals surface area contributed by atoms with E-state index in [-0.39, 0.29) is 25.8 Å². The van der Waals surface area contributed by atoms with E-state index >= 15 is 0 Å². The van der Waals surface area contributed by atoms with Crippen molar-refractivity contribution >= 4 is 13.8 Å². The third kappa shape index (κ3) is 39.7. The van der Waals surface area contributed by atoms with Gasteiger partial charge in [0.15, 0.2) is 0 Å². The lowest BCUT2D eigenvalue weighted by molar-refractivity contribution is -0.870. The second-order valence-electron chi connectivity index (χ2n) is 15.0. The molecule has 0 amide bonds. The largest absolute Gasteiger partial charge is 0.472 e. The van der Waals surface area contributed by atoms with Gasteiger partial charge in [0.2, 0.25) is 0 Å². The molecule has 0 aliphatic carbocycles. The minimum Gasteiger partial charge on any atom is -0.457 e. The van der Waals surface area contributed by atoms with Crippen LogP contribution in [0.15, 0.2) is 48.6 Å². The summed E-state index contributed by atoms with van der Waals surface area (Å²) in [5.74, 6) is -0.326. The van der Waals surface area contributed by atoms with Crippen LogP contribution in [0.2, 0.25) is 0 Å². The summed E-state index contributed by atoms with van der Waals surface area (Å²) in [6.07, 6.45) is 42.8. The summed E-state index contributed by atoms with van der Waals surface area (Å²) >= 11 is 0. The third-order valence-electron chi connectivity index (χ3n) is 8.65. The van der Waals surface area contributed by atoms with E-state index in [1.165, 1.54) is 70.6 Å². The van der Waals surface area contributed by atoms with E-state index in [4.69, 9.17) is 18.5 Å². The summed E-state index contributed by atoms with van der Waals surface area (Å²) in [6, 6.07) is 0. The number of hydrogen-bond acceptors (Lipinski definition) is 6. The number of hydrogen-bond donors (Lipinski definition) is 1. The fourth-order valence-corrected chi connectivity index (χ4v) is 6.17. The molecule has 0 saturated heterocycles. The molecule has 0 aromatic heterocycles. The molecule has 0 aliphatic rings. The standard InChI is InChI=1S/C43H80NO7P/c1-6-8-10-12-14-16-18-20-22-23-25-27-29-31-33-35-38-48-40-42(41-50-52(46,47)49-39-37-44(3,4)5)51-43(45)36-34-32-30-28-26-24-21-19-17-15-13-11-9-7-2/h8,10,14,16,20,22,25,27,42H,6-7,9,11-13,15,17-19,21,23-24,26,28-41H2,1-5H3/p+1/b10-8-,16-14-,22-20-,27-25-. The molecule has 0 spiro atoms. The van der Waals surface area contributed by atoms with E-state index in [0.717, 1.165) is 70.6 Å². The minimum absolute atomic E-state index is 0.0816. The van der Waals surface area contributed by atoms with Crippen molar-refractivity contribution in [2.45, 2.75) is 168 Å². The Morgan fingerprint density at radius 2 is 1.12 bits per heavy atom. The molecule has 9 heteroatoms. The molecule has 0 radical (unpaired) electrons. The SMILES string of the molecule is CC/C=C\C/C=C\C/C=C\C/C=C\CCCCCOCC(COP(=O)(O)OCC[N+](C)(C)C)OC(=O)CCCCCCCCCCCCCCCC. The fourth-order valence-electron chi connectivity index (χ4n) is 5.42. The lowest BCUT2D eigenvalue weighted by Gasteiger charge is -2.24. The highest BCUT2D eigenvalue weighted by Crippen LogP contribution is 2.43. The predicted molar refractivity (Wildman–Crippen MR) is 219 cm³/mol. The second-order valence-corrected chi connectivity index (χ2v) is 16.4. The molecule has 0 aromatic rings. The zero-order valence-electron chi connectivity index (χ0n) is 34.3. The Bertz CT molecular complexity index is 973. The van der Waals surface area contributed by atoms with Gasteiger partial charge in [-0.1, -0.05) is 152 Å². The normalized spacial score (nSPS) is 14.3. The Morgan fingerprint density at radius 1 is 0.615 bits per heavy atom. The maximum absolute atomic E-state index is 12.7. The quantitative estimate of drug-likeness (QED) is 0.0221. The van der Waals surface area contributed by atoms with Gasteiger partial charge in [-0.15, -0.1) is 0 Å². The number of quaternary nitrogens is 1. The molecule has 0 fully saturated rings. The summed E-state index contributed by atoms with van der Waals surface area (Å²) in [5.41, 5.74) is 0. The number of carbonyl (C=O) groups excluding carboxylic acids is 1. The number of phosphoric ester groups is 1. The molecule has 2 atom stereocenters.